The van der Waals surface area contributed by atoms with Crippen molar-refractivity contribution >= 4 is 23.0 Å². The van der Waals surface area contributed by atoms with Crippen LogP contribution in [0.3, 0.4) is 0 Å². The molecule has 0 radical (unpaired) electrons. The predicted octanol–water partition coefficient (Wildman–Crippen LogP) is 2.08. The second-order valence-electron chi connectivity index (χ2n) is 6.75. The third kappa shape index (κ3) is 3.55. The van der Waals surface area contributed by atoms with E-state index in [1.807, 2.05) is 13.2 Å². The highest BCUT2D eigenvalue weighted by Crippen LogP contribution is 2.23. The van der Waals surface area contributed by atoms with Crippen LogP contribution in [-0.2, 0) is 20.0 Å². The van der Waals surface area contributed by atoms with Crippen LogP contribution in [0.4, 0.5) is 0 Å². The minimum absolute atomic E-state index is 0.0191. The SMILES string of the molecule is CC(=O)c1cc(C(=O)NC2CCc3nnc(-c4cnn(C)c4)n3CC2)cs1. The van der Waals surface area contributed by atoms with Crippen LogP contribution in [0, 0.1) is 0 Å². The van der Waals surface area contributed by atoms with Crippen LogP contribution in [0.5, 0.6) is 0 Å². The van der Waals surface area contributed by atoms with Gasteiger partial charge in [0, 0.05) is 37.6 Å². The quantitative estimate of drug-likeness (QED) is 0.695. The molecule has 1 N–H and O–H groups in total. The molecule has 1 aliphatic rings. The molecule has 3 aromatic heterocycles. The van der Waals surface area contributed by atoms with Gasteiger partial charge in [0.15, 0.2) is 11.6 Å². The molecule has 1 atom stereocenters. The van der Waals surface area contributed by atoms with Crippen LogP contribution in [0.2, 0.25) is 0 Å². The summed E-state index contributed by atoms with van der Waals surface area (Å²) in [7, 11) is 1.87. The molecule has 9 heteroatoms. The van der Waals surface area contributed by atoms with Crippen LogP contribution < -0.4 is 5.32 Å². The Balaban J connectivity index is 1.45. The minimum Gasteiger partial charge on any atom is -0.349 e. The van der Waals surface area contributed by atoms with E-state index in [-0.39, 0.29) is 17.7 Å². The average molecular weight is 384 g/mol. The van der Waals surface area contributed by atoms with Gasteiger partial charge < -0.3 is 9.88 Å². The zero-order valence-electron chi connectivity index (χ0n) is 15.2. The number of aryl methyl sites for hydroxylation is 2. The van der Waals surface area contributed by atoms with Crippen LogP contribution >= 0.6 is 11.3 Å². The topological polar surface area (TPSA) is 94.7 Å². The van der Waals surface area contributed by atoms with Gasteiger partial charge in [-0.2, -0.15) is 5.10 Å². The summed E-state index contributed by atoms with van der Waals surface area (Å²) in [5.74, 6) is 1.59. The molecular formula is C18H20N6O2S. The van der Waals surface area contributed by atoms with Gasteiger partial charge >= 0.3 is 0 Å². The first kappa shape index (κ1) is 17.6. The van der Waals surface area contributed by atoms with Gasteiger partial charge in [-0.15, -0.1) is 21.5 Å². The summed E-state index contributed by atoms with van der Waals surface area (Å²) in [6, 6.07) is 1.72. The number of fused-ring (bicyclic) bond motifs is 1. The van der Waals surface area contributed by atoms with Gasteiger partial charge in [-0.3, -0.25) is 14.3 Å². The van der Waals surface area contributed by atoms with Crippen molar-refractivity contribution in [3.05, 3.63) is 40.1 Å². The Hall–Kier alpha value is -2.81. The minimum atomic E-state index is -0.131. The summed E-state index contributed by atoms with van der Waals surface area (Å²) in [5.41, 5.74) is 1.48. The first-order chi connectivity index (χ1) is 13.0. The Morgan fingerprint density at radius 2 is 2.15 bits per heavy atom. The van der Waals surface area contributed by atoms with E-state index in [9.17, 15) is 9.59 Å². The molecule has 1 amide bonds. The predicted molar refractivity (Wildman–Crippen MR) is 101 cm³/mol. The number of carbonyl (C=O) groups excluding carboxylic acids is 2. The highest BCUT2D eigenvalue weighted by Gasteiger charge is 2.23. The normalized spacial score (nSPS) is 16.6. The van der Waals surface area contributed by atoms with Crippen molar-refractivity contribution in [3.8, 4) is 11.4 Å². The number of nitrogens with one attached hydrogen (secondary N) is 1. The molecule has 0 bridgehead atoms. The summed E-state index contributed by atoms with van der Waals surface area (Å²) in [4.78, 5) is 24.5. The van der Waals surface area contributed by atoms with E-state index >= 15 is 0 Å². The lowest BCUT2D eigenvalue weighted by Gasteiger charge is -2.15. The van der Waals surface area contributed by atoms with Gasteiger partial charge in [0.2, 0.25) is 0 Å². The van der Waals surface area contributed by atoms with E-state index in [0.29, 0.717) is 10.4 Å². The number of rotatable bonds is 4. The zero-order chi connectivity index (χ0) is 19.0. The smallest absolute Gasteiger partial charge is 0.252 e. The van der Waals surface area contributed by atoms with Gasteiger partial charge in [-0.05, 0) is 25.8 Å². The molecule has 4 heterocycles. The number of nitrogens with zero attached hydrogens (tertiary/aromatic N) is 5. The molecule has 0 aromatic carbocycles. The van der Waals surface area contributed by atoms with Crippen molar-refractivity contribution in [2.45, 2.75) is 38.8 Å². The Morgan fingerprint density at radius 3 is 2.85 bits per heavy atom. The van der Waals surface area contributed by atoms with E-state index in [1.54, 1.807) is 22.3 Å². The number of thiophene rings is 1. The van der Waals surface area contributed by atoms with Crippen LogP contribution in [0.1, 0.15) is 45.6 Å². The van der Waals surface area contributed by atoms with Crippen LogP contribution in [0.15, 0.2) is 23.8 Å². The van der Waals surface area contributed by atoms with Crippen LogP contribution in [-0.4, -0.2) is 42.3 Å². The van der Waals surface area contributed by atoms with E-state index in [0.717, 1.165) is 43.0 Å². The fraction of sp³-hybridized carbons (Fsp3) is 0.389. The van der Waals surface area contributed by atoms with Crippen molar-refractivity contribution in [2.75, 3.05) is 0 Å². The number of carbonyl (C=O) groups is 2. The lowest BCUT2D eigenvalue weighted by molar-refractivity contribution is 0.0933. The molecule has 140 valence electrons. The van der Waals surface area contributed by atoms with Gasteiger partial charge in [0.05, 0.1) is 22.2 Å². The standard InChI is InChI=1S/C18H20N6O2S/c1-11(25)15-7-12(10-27-15)18(26)20-14-3-4-16-21-22-17(24(16)6-5-14)13-8-19-23(2)9-13/h7-10,14H,3-6H2,1-2H3,(H,20,26). The summed E-state index contributed by atoms with van der Waals surface area (Å²) in [5, 5.41) is 17.7. The van der Waals surface area contributed by atoms with Crippen molar-refractivity contribution in [1.82, 2.24) is 29.9 Å². The molecule has 27 heavy (non-hydrogen) atoms. The van der Waals surface area contributed by atoms with E-state index in [1.165, 1.54) is 18.3 Å². The molecule has 0 saturated heterocycles. The number of amides is 1. The molecule has 4 rings (SSSR count). The first-order valence-corrected chi connectivity index (χ1v) is 9.70. The third-order valence-electron chi connectivity index (χ3n) is 4.75. The van der Waals surface area contributed by atoms with Crippen molar-refractivity contribution < 1.29 is 9.59 Å². The second kappa shape index (κ2) is 7.07. The summed E-state index contributed by atoms with van der Waals surface area (Å²) in [6.45, 7) is 2.24. The largest absolute Gasteiger partial charge is 0.349 e. The maximum atomic E-state index is 12.5. The van der Waals surface area contributed by atoms with E-state index in [4.69, 9.17) is 0 Å². The Kier molecular flexibility index (Phi) is 4.61. The summed E-state index contributed by atoms with van der Waals surface area (Å²) in [6.07, 6.45) is 6.06. The molecule has 3 aromatic rings. The first-order valence-electron chi connectivity index (χ1n) is 8.82. The van der Waals surface area contributed by atoms with Crippen molar-refractivity contribution in [2.24, 2.45) is 7.05 Å². The molecule has 0 fully saturated rings. The zero-order valence-corrected chi connectivity index (χ0v) is 16.0. The van der Waals surface area contributed by atoms with E-state index < -0.39 is 0 Å². The highest BCUT2D eigenvalue weighted by atomic mass is 32.1. The fourth-order valence-electron chi connectivity index (χ4n) is 3.29. The molecule has 1 aliphatic heterocycles. The third-order valence-corrected chi connectivity index (χ3v) is 5.78. The molecule has 8 nitrogen and oxygen atoms in total. The van der Waals surface area contributed by atoms with Gasteiger partial charge in [0.1, 0.15) is 5.82 Å². The number of Topliss-reactive ketones (excluding diaryl/α,β-unsaturated/α-hetero) is 1. The van der Waals surface area contributed by atoms with E-state index in [2.05, 4.69) is 25.2 Å². The fourth-order valence-corrected chi connectivity index (χ4v) is 4.08. The van der Waals surface area contributed by atoms with Crippen LogP contribution in [0.25, 0.3) is 11.4 Å². The highest BCUT2D eigenvalue weighted by molar-refractivity contribution is 7.12. The average Bonchev–Trinajstić information content (AvgIpc) is 3.34. The van der Waals surface area contributed by atoms with Crippen molar-refractivity contribution in [1.29, 1.82) is 0 Å². The lowest BCUT2D eigenvalue weighted by Crippen LogP contribution is -2.35. The van der Waals surface area contributed by atoms with Gasteiger partial charge in [0.25, 0.3) is 5.91 Å². The summed E-state index contributed by atoms with van der Waals surface area (Å²) < 4.78 is 3.86. The lowest BCUT2D eigenvalue weighted by atomic mass is 10.1. The monoisotopic (exact) mass is 384 g/mol. The molecule has 0 aliphatic carbocycles. The Bertz CT molecular complexity index is 1000. The number of hydrogen-bond donors (Lipinski definition) is 1. The molecule has 0 spiro atoms. The van der Waals surface area contributed by atoms with Crippen molar-refractivity contribution in [3.63, 3.8) is 0 Å². The number of hydrogen-bond acceptors (Lipinski definition) is 6. The maximum Gasteiger partial charge on any atom is 0.252 e. The Morgan fingerprint density at radius 1 is 1.30 bits per heavy atom. The second-order valence-corrected chi connectivity index (χ2v) is 7.66. The van der Waals surface area contributed by atoms with Gasteiger partial charge in [-0.1, -0.05) is 0 Å². The molecule has 1 unspecified atom stereocenters. The molecule has 0 saturated carbocycles. The maximum absolute atomic E-state index is 12.5. The molecular weight excluding hydrogens is 364 g/mol. The number of ketones is 1. The summed E-state index contributed by atoms with van der Waals surface area (Å²) >= 11 is 1.30. The van der Waals surface area contributed by atoms with Gasteiger partial charge in [-0.25, -0.2) is 0 Å². The number of aromatic nitrogens is 5. The Labute approximate surface area is 160 Å².